The predicted octanol–water partition coefficient (Wildman–Crippen LogP) is 4.10. The molecule has 1 amide bonds. The molecule has 0 aliphatic heterocycles. The highest BCUT2D eigenvalue weighted by atomic mass is 16.2. The maximum Gasteiger partial charge on any atom is 0.270 e. The Bertz CT molecular complexity index is 833. The van der Waals surface area contributed by atoms with E-state index in [1.165, 1.54) is 16.7 Å². The van der Waals surface area contributed by atoms with Crippen molar-refractivity contribution in [2.75, 3.05) is 13.6 Å². The summed E-state index contributed by atoms with van der Waals surface area (Å²) in [5.74, 6) is 0.0363. The molecule has 3 rings (SSSR count). The third kappa shape index (κ3) is 3.14. The van der Waals surface area contributed by atoms with Crippen LogP contribution in [0.2, 0.25) is 0 Å². The highest BCUT2D eigenvalue weighted by Gasteiger charge is 2.15. The number of amides is 1. The van der Waals surface area contributed by atoms with Gasteiger partial charge in [-0.05, 0) is 49.1 Å². The first-order valence-corrected chi connectivity index (χ1v) is 7.94. The Morgan fingerprint density at radius 2 is 1.83 bits per heavy atom. The second-order valence-electron chi connectivity index (χ2n) is 6.11. The fourth-order valence-corrected chi connectivity index (χ4v) is 2.82. The average molecular weight is 306 g/mol. The molecule has 118 valence electrons. The van der Waals surface area contributed by atoms with Gasteiger partial charge >= 0.3 is 0 Å². The molecule has 0 aliphatic rings. The molecule has 0 aliphatic carbocycles. The highest BCUT2D eigenvalue weighted by Crippen LogP contribution is 2.22. The van der Waals surface area contributed by atoms with Crippen LogP contribution >= 0.6 is 0 Å². The van der Waals surface area contributed by atoms with Crippen molar-refractivity contribution < 1.29 is 4.79 Å². The molecule has 0 radical (unpaired) electrons. The van der Waals surface area contributed by atoms with Crippen LogP contribution in [0.25, 0.3) is 10.9 Å². The van der Waals surface area contributed by atoms with Crippen molar-refractivity contribution in [2.45, 2.75) is 20.3 Å². The van der Waals surface area contributed by atoms with E-state index in [-0.39, 0.29) is 5.91 Å². The van der Waals surface area contributed by atoms with E-state index in [0.29, 0.717) is 12.2 Å². The smallest absolute Gasteiger partial charge is 0.270 e. The number of aromatic amines is 1. The summed E-state index contributed by atoms with van der Waals surface area (Å²) in [6.07, 6.45) is 0.863. The molecular formula is C20H22N2O. The molecule has 3 aromatic rings. The van der Waals surface area contributed by atoms with Crippen LogP contribution in [0, 0.1) is 13.8 Å². The Kier molecular flexibility index (Phi) is 4.20. The van der Waals surface area contributed by atoms with E-state index in [2.05, 4.69) is 37.0 Å². The third-order valence-corrected chi connectivity index (χ3v) is 4.50. The van der Waals surface area contributed by atoms with Crippen LogP contribution < -0.4 is 0 Å². The van der Waals surface area contributed by atoms with Crippen molar-refractivity contribution in [2.24, 2.45) is 0 Å². The van der Waals surface area contributed by atoms with Gasteiger partial charge in [0.2, 0.25) is 0 Å². The van der Waals surface area contributed by atoms with E-state index in [0.717, 1.165) is 17.3 Å². The molecule has 0 unspecified atom stereocenters. The Morgan fingerprint density at radius 3 is 2.57 bits per heavy atom. The zero-order chi connectivity index (χ0) is 16.4. The van der Waals surface area contributed by atoms with Crippen molar-refractivity contribution in [3.8, 4) is 0 Å². The van der Waals surface area contributed by atoms with Gasteiger partial charge in [-0.25, -0.2) is 0 Å². The largest absolute Gasteiger partial charge is 0.351 e. The summed E-state index contributed by atoms with van der Waals surface area (Å²) in [6, 6.07) is 16.3. The van der Waals surface area contributed by atoms with Crippen LogP contribution in [0.3, 0.4) is 0 Å². The number of hydrogen-bond acceptors (Lipinski definition) is 1. The molecule has 3 nitrogen and oxygen atoms in total. The van der Waals surface area contributed by atoms with Gasteiger partial charge in [-0.2, -0.15) is 0 Å². The number of benzene rings is 2. The van der Waals surface area contributed by atoms with Crippen molar-refractivity contribution in [1.29, 1.82) is 0 Å². The number of nitrogens with zero attached hydrogens (tertiary/aromatic N) is 1. The number of rotatable bonds is 4. The molecule has 0 saturated heterocycles. The standard InChI is InChI=1S/C20H22N2O/c1-14-9-10-18-17(15(14)2)13-19(21-18)20(23)22(3)12-11-16-7-5-4-6-8-16/h4-10,13,21H,11-12H2,1-3H3. The second-order valence-corrected chi connectivity index (χ2v) is 6.11. The van der Waals surface area contributed by atoms with E-state index in [1.54, 1.807) is 4.90 Å². The van der Waals surface area contributed by atoms with Crippen LogP contribution in [-0.4, -0.2) is 29.4 Å². The fraction of sp³-hybridized carbons (Fsp3) is 0.250. The van der Waals surface area contributed by atoms with Crippen molar-refractivity contribution in [3.63, 3.8) is 0 Å². The maximum atomic E-state index is 12.6. The quantitative estimate of drug-likeness (QED) is 0.774. The Morgan fingerprint density at radius 1 is 1.09 bits per heavy atom. The van der Waals surface area contributed by atoms with Gasteiger partial charge in [-0.1, -0.05) is 36.4 Å². The van der Waals surface area contributed by atoms with Gasteiger partial charge in [0.1, 0.15) is 5.69 Å². The lowest BCUT2D eigenvalue weighted by Crippen LogP contribution is -2.29. The summed E-state index contributed by atoms with van der Waals surface area (Å²) in [5, 5.41) is 1.13. The minimum Gasteiger partial charge on any atom is -0.351 e. The number of aromatic nitrogens is 1. The Balaban J connectivity index is 1.76. The van der Waals surface area contributed by atoms with Crippen molar-refractivity contribution in [1.82, 2.24) is 9.88 Å². The molecule has 0 atom stereocenters. The molecule has 0 spiro atoms. The number of likely N-dealkylation sites (N-methyl/N-ethyl adjacent to an activating group) is 1. The summed E-state index contributed by atoms with van der Waals surface area (Å²) in [4.78, 5) is 17.7. The molecule has 0 fully saturated rings. The van der Waals surface area contributed by atoms with Gasteiger partial charge in [0, 0.05) is 24.5 Å². The maximum absolute atomic E-state index is 12.6. The molecule has 0 saturated carbocycles. The van der Waals surface area contributed by atoms with Crippen LogP contribution in [0.1, 0.15) is 27.2 Å². The minimum atomic E-state index is 0.0363. The first-order valence-electron chi connectivity index (χ1n) is 7.94. The van der Waals surface area contributed by atoms with Crippen LogP contribution in [0.5, 0.6) is 0 Å². The van der Waals surface area contributed by atoms with Gasteiger partial charge in [-0.3, -0.25) is 4.79 Å². The number of carbonyl (C=O) groups is 1. The molecule has 1 heterocycles. The topological polar surface area (TPSA) is 36.1 Å². The molecular weight excluding hydrogens is 284 g/mol. The summed E-state index contributed by atoms with van der Waals surface area (Å²) >= 11 is 0. The Labute approximate surface area is 136 Å². The Hall–Kier alpha value is -2.55. The normalized spacial score (nSPS) is 10.9. The minimum absolute atomic E-state index is 0.0363. The summed E-state index contributed by atoms with van der Waals surface area (Å²) in [7, 11) is 1.86. The van der Waals surface area contributed by atoms with Gasteiger partial charge < -0.3 is 9.88 Å². The number of aryl methyl sites for hydroxylation is 2. The lowest BCUT2D eigenvalue weighted by atomic mass is 10.1. The van der Waals surface area contributed by atoms with Gasteiger partial charge in [0.05, 0.1) is 0 Å². The molecule has 1 aromatic heterocycles. The van der Waals surface area contributed by atoms with Gasteiger partial charge in [0.15, 0.2) is 0 Å². The monoisotopic (exact) mass is 306 g/mol. The predicted molar refractivity (Wildman–Crippen MR) is 94.9 cm³/mol. The number of H-pyrrole nitrogens is 1. The van der Waals surface area contributed by atoms with Gasteiger partial charge in [-0.15, -0.1) is 0 Å². The van der Waals surface area contributed by atoms with Crippen LogP contribution in [0.15, 0.2) is 48.5 Å². The fourth-order valence-electron chi connectivity index (χ4n) is 2.82. The van der Waals surface area contributed by atoms with Crippen molar-refractivity contribution >= 4 is 16.8 Å². The SMILES string of the molecule is Cc1ccc2[nH]c(C(=O)N(C)CCc3ccccc3)cc2c1C. The zero-order valence-corrected chi connectivity index (χ0v) is 13.9. The first kappa shape index (κ1) is 15.3. The van der Waals surface area contributed by atoms with E-state index >= 15 is 0 Å². The molecule has 3 heteroatoms. The van der Waals surface area contributed by atoms with E-state index < -0.39 is 0 Å². The van der Waals surface area contributed by atoms with Crippen LogP contribution in [-0.2, 0) is 6.42 Å². The zero-order valence-electron chi connectivity index (χ0n) is 13.9. The molecule has 2 aromatic carbocycles. The average Bonchev–Trinajstić information content (AvgIpc) is 3.01. The summed E-state index contributed by atoms with van der Waals surface area (Å²) in [6.45, 7) is 4.89. The van der Waals surface area contributed by atoms with Crippen LogP contribution in [0.4, 0.5) is 0 Å². The summed E-state index contributed by atoms with van der Waals surface area (Å²) < 4.78 is 0. The number of nitrogens with one attached hydrogen (secondary N) is 1. The molecule has 0 bridgehead atoms. The molecule has 23 heavy (non-hydrogen) atoms. The summed E-state index contributed by atoms with van der Waals surface area (Å²) in [5.41, 5.74) is 5.39. The molecule has 1 N–H and O–H groups in total. The first-order chi connectivity index (χ1) is 11.1. The lowest BCUT2D eigenvalue weighted by Gasteiger charge is -2.16. The van der Waals surface area contributed by atoms with E-state index in [4.69, 9.17) is 0 Å². The highest BCUT2D eigenvalue weighted by molar-refractivity contribution is 5.99. The van der Waals surface area contributed by atoms with E-state index in [9.17, 15) is 4.79 Å². The number of hydrogen-bond donors (Lipinski definition) is 1. The van der Waals surface area contributed by atoms with E-state index in [1.807, 2.05) is 37.4 Å². The van der Waals surface area contributed by atoms with Crippen molar-refractivity contribution in [3.05, 3.63) is 70.9 Å². The number of fused-ring (bicyclic) bond motifs is 1. The third-order valence-electron chi connectivity index (χ3n) is 4.50. The number of carbonyl (C=O) groups excluding carboxylic acids is 1. The second kappa shape index (κ2) is 6.29. The van der Waals surface area contributed by atoms with Gasteiger partial charge in [0.25, 0.3) is 5.91 Å². The lowest BCUT2D eigenvalue weighted by molar-refractivity contribution is 0.0792.